The zero-order valence-electron chi connectivity index (χ0n) is 17.0. The first-order valence-electron chi connectivity index (χ1n) is 10.0. The molecule has 5 heteroatoms. The molecule has 1 aliphatic carbocycles. The van der Waals surface area contributed by atoms with E-state index in [4.69, 9.17) is 4.74 Å². The van der Waals surface area contributed by atoms with Crippen molar-refractivity contribution in [3.8, 4) is 0 Å². The number of hydrogen-bond donors (Lipinski definition) is 1. The summed E-state index contributed by atoms with van der Waals surface area (Å²) in [5.74, 6) is 0.591. The van der Waals surface area contributed by atoms with Crippen LogP contribution >= 0.6 is 0 Å². The lowest BCUT2D eigenvalue weighted by atomic mass is 9.75. The summed E-state index contributed by atoms with van der Waals surface area (Å²) in [5, 5.41) is 3.11. The maximum absolute atomic E-state index is 12.8. The first kappa shape index (κ1) is 18.3. The van der Waals surface area contributed by atoms with Crippen LogP contribution in [0.5, 0.6) is 0 Å². The van der Waals surface area contributed by atoms with Crippen LogP contribution in [0.15, 0.2) is 18.2 Å². The number of nitrogens with one attached hydrogen (secondary N) is 1. The van der Waals surface area contributed by atoms with Gasteiger partial charge in [0.05, 0.1) is 5.54 Å². The van der Waals surface area contributed by atoms with Gasteiger partial charge in [-0.2, -0.15) is 0 Å². The molecule has 1 aromatic rings. The number of amides is 2. The summed E-state index contributed by atoms with van der Waals surface area (Å²) in [6, 6.07) is 6.57. The first-order chi connectivity index (χ1) is 12.6. The van der Waals surface area contributed by atoms with E-state index in [2.05, 4.69) is 42.3 Å². The summed E-state index contributed by atoms with van der Waals surface area (Å²) >= 11 is 0. The van der Waals surface area contributed by atoms with Crippen molar-refractivity contribution in [1.29, 1.82) is 0 Å². The second kappa shape index (κ2) is 5.98. The smallest absolute Gasteiger partial charge is 0.407 e. The van der Waals surface area contributed by atoms with Gasteiger partial charge in [-0.05, 0) is 57.6 Å². The van der Waals surface area contributed by atoms with Crippen LogP contribution in [-0.4, -0.2) is 35.1 Å². The molecule has 2 fully saturated rings. The molecule has 0 aromatic heterocycles. The molecule has 2 aliphatic heterocycles. The maximum atomic E-state index is 12.8. The minimum absolute atomic E-state index is 0.0546. The van der Waals surface area contributed by atoms with Gasteiger partial charge in [0.2, 0.25) is 5.91 Å². The van der Waals surface area contributed by atoms with Gasteiger partial charge >= 0.3 is 6.09 Å². The van der Waals surface area contributed by atoms with E-state index in [1.807, 2.05) is 20.8 Å². The van der Waals surface area contributed by atoms with E-state index < -0.39 is 5.60 Å². The third-order valence-electron chi connectivity index (χ3n) is 6.49. The van der Waals surface area contributed by atoms with Crippen molar-refractivity contribution in [2.75, 3.05) is 6.54 Å². The van der Waals surface area contributed by atoms with Crippen molar-refractivity contribution in [2.45, 2.75) is 71.1 Å². The maximum Gasteiger partial charge on any atom is 0.407 e. The van der Waals surface area contributed by atoms with E-state index in [-0.39, 0.29) is 35.4 Å². The standard InChI is InChI=1S/C22H30N2O3/c1-13-6-7-16-15(10-13)8-9-24-18(25)11-17-19(14(2)12-22(16,17)24)23-20(26)27-21(3,4)5/h6-7,10,14,17,19H,8-9,11-12H2,1-5H3,(H,23,26)/t14-,17-,19+,22-/m0/s1. The summed E-state index contributed by atoms with van der Waals surface area (Å²) in [4.78, 5) is 27.4. The number of ether oxygens (including phenoxy) is 1. The van der Waals surface area contributed by atoms with Gasteiger partial charge in [0.1, 0.15) is 5.60 Å². The molecule has 0 bridgehead atoms. The van der Waals surface area contributed by atoms with E-state index in [9.17, 15) is 9.59 Å². The highest BCUT2D eigenvalue weighted by molar-refractivity contribution is 5.82. The van der Waals surface area contributed by atoms with Gasteiger partial charge < -0.3 is 15.0 Å². The fourth-order valence-electron chi connectivity index (χ4n) is 5.64. The first-order valence-corrected chi connectivity index (χ1v) is 10.0. The van der Waals surface area contributed by atoms with Crippen LogP contribution in [0.4, 0.5) is 4.79 Å². The molecule has 1 N–H and O–H groups in total. The molecule has 2 amide bonds. The number of fused-ring (bicyclic) bond motifs is 1. The van der Waals surface area contributed by atoms with Gasteiger partial charge in [0, 0.05) is 24.9 Å². The van der Waals surface area contributed by atoms with E-state index >= 15 is 0 Å². The summed E-state index contributed by atoms with van der Waals surface area (Å²) in [5.41, 5.74) is 3.09. The van der Waals surface area contributed by atoms with E-state index in [1.54, 1.807) is 0 Å². The third kappa shape index (κ3) is 2.82. The quantitative estimate of drug-likeness (QED) is 0.823. The topological polar surface area (TPSA) is 58.6 Å². The number of rotatable bonds is 1. The Labute approximate surface area is 161 Å². The van der Waals surface area contributed by atoms with Crippen molar-refractivity contribution in [3.05, 3.63) is 34.9 Å². The molecule has 3 aliphatic rings. The molecule has 1 saturated carbocycles. The zero-order valence-corrected chi connectivity index (χ0v) is 17.0. The van der Waals surface area contributed by atoms with Gasteiger partial charge in [0.25, 0.3) is 0 Å². The Kier molecular flexibility index (Phi) is 4.06. The fourth-order valence-corrected chi connectivity index (χ4v) is 5.64. The minimum Gasteiger partial charge on any atom is -0.444 e. The average molecular weight is 370 g/mol. The number of benzene rings is 1. The zero-order chi connectivity index (χ0) is 19.6. The van der Waals surface area contributed by atoms with E-state index in [1.165, 1.54) is 16.7 Å². The number of nitrogens with zero attached hydrogens (tertiary/aromatic N) is 1. The third-order valence-corrected chi connectivity index (χ3v) is 6.49. The summed E-state index contributed by atoms with van der Waals surface area (Å²) < 4.78 is 5.49. The number of hydrogen-bond acceptors (Lipinski definition) is 3. The highest BCUT2D eigenvalue weighted by Gasteiger charge is 2.63. The largest absolute Gasteiger partial charge is 0.444 e. The average Bonchev–Trinajstić information content (AvgIpc) is 2.96. The number of carbonyl (C=O) groups is 2. The monoisotopic (exact) mass is 370 g/mol. The van der Waals surface area contributed by atoms with Crippen molar-refractivity contribution in [2.24, 2.45) is 11.8 Å². The Morgan fingerprint density at radius 2 is 2.07 bits per heavy atom. The molecular formula is C22H30N2O3. The molecule has 0 unspecified atom stereocenters. The molecule has 4 atom stereocenters. The molecule has 27 heavy (non-hydrogen) atoms. The minimum atomic E-state index is -0.532. The van der Waals surface area contributed by atoms with Crippen LogP contribution in [-0.2, 0) is 21.5 Å². The van der Waals surface area contributed by atoms with Gasteiger partial charge in [-0.25, -0.2) is 4.79 Å². The second-order valence-electron chi connectivity index (χ2n) is 9.54. The van der Waals surface area contributed by atoms with Gasteiger partial charge in [0.15, 0.2) is 0 Å². The fraction of sp³-hybridized carbons (Fsp3) is 0.636. The molecule has 4 rings (SSSR count). The highest BCUT2D eigenvalue weighted by Crippen LogP contribution is 2.58. The van der Waals surface area contributed by atoms with Crippen LogP contribution in [0, 0.1) is 18.8 Å². The lowest BCUT2D eigenvalue weighted by Gasteiger charge is -2.44. The molecule has 1 aromatic carbocycles. The lowest BCUT2D eigenvalue weighted by Crippen LogP contribution is -2.51. The Hall–Kier alpha value is -2.04. The molecular weight excluding hydrogens is 340 g/mol. The van der Waals surface area contributed by atoms with Crippen LogP contribution in [0.3, 0.4) is 0 Å². The molecule has 0 radical (unpaired) electrons. The summed E-state index contributed by atoms with van der Waals surface area (Å²) in [7, 11) is 0. The van der Waals surface area contributed by atoms with Crippen molar-refractivity contribution >= 4 is 12.0 Å². The van der Waals surface area contributed by atoms with Crippen molar-refractivity contribution in [3.63, 3.8) is 0 Å². The Morgan fingerprint density at radius 3 is 2.78 bits per heavy atom. The highest BCUT2D eigenvalue weighted by atomic mass is 16.6. The summed E-state index contributed by atoms with van der Waals surface area (Å²) in [6.07, 6.45) is 1.91. The van der Waals surface area contributed by atoms with Gasteiger partial charge in [-0.15, -0.1) is 0 Å². The molecule has 1 saturated heterocycles. The van der Waals surface area contributed by atoms with Crippen LogP contribution in [0.2, 0.25) is 0 Å². The number of carbonyl (C=O) groups excluding carboxylic acids is 2. The van der Waals surface area contributed by atoms with Gasteiger partial charge in [-0.1, -0.05) is 30.7 Å². The molecule has 5 nitrogen and oxygen atoms in total. The lowest BCUT2D eigenvalue weighted by molar-refractivity contribution is -0.132. The second-order valence-corrected chi connectivity index (χ2v) is 9.54. The van der Waals surface area contributed by atoms with Crippen molar-refractivity contribution in [1.82, 2.24) is 10.2 Å². The van der Waals surface area contributed by atoms with Crippen LogP contribution in [0.25, 0.3) is 0 Å². The Bertz CT molecular complexity index is 797. The molecule has 146 valence electrons. The molecule has 2 heterocycles. The molecule has 1 spiro atoms. The summed E-state index contributed by atoms with van der Waals surface area (Å²) in [6.45, 7) is 10.7. The Balaban J connectivity index is 1.70. The Morgan fingerprint density at radius 1 is 1.33 bits per heavy atom. The number of aryl methyl sites for hydroxylation is 1. The van der Waals surface area contributed by atoms with Crippen LogP contribution < -0.4 is 5.32 Å². The van der Waals surface area contributed by atoms with E-state index in [0.29, 0.717) is 6.42 Å². The van der Waals surface area contributed by atoms with E-state index in [0.717, 1.165) is 19.4 Å². The van der Waals surface area contributed by atoms with Crippen molar-refractivity contribution < 1.29 is 14.3 Å². The number of alkyl carbamates (subject to hydrolysis) is 1. The predicted octanol–water partition coefficient (Wildman–Crippen LogP) is 3.53. The predicted molar refractivity (Wildman–Crippen MR) is 103 cm³/mol. The normalized spacial score (nSPS) is 32.0. The SMILES string of the molecule is Cc1ccc2c(c1)CCN1C(=O)C[C@H]3[C@H](NC(=O)OC(C)(C)C)[C@@H](C)C[C@]231. The van der Waals surface area contributed by atoms with Gasteiger partial charge in [-0.3, -0.25) is 4.79 Å². The van der Waals surface area contributed by atoms with Crippen LogP contribution in [0.1, 0.15) is 57.2 Å².